The van der Waals surface area contributed by atoms with Crippen LogP contribution < -0.4 is 5.32 Å². The van der Waals surface area contributed by atoms with Gasteiger partial charge >= 0.3 is 0 Å². The van der Waals surface area contributed by atoms with Crippen LogP contribution in [0.3, 0.4) is 0 Å². The molecule has 0 aromatic heterocycles. The molecule has 0 saturated carbocycles. The summed E-state index contributed by atoms with van der Waals surface area (Å²) in [6.45, 7) is 1.81. The lowest BCUT2D eigenvalue weighted by Gasteiger charge is -2.25. The van der Waals surface area contributed by atoms with Gasteiger partial charge in [0.25, 0.3) is 0 Å². The summed E-state index contributed by atoms with van der Waals surface area (Å²) in [6.07, 6.45) is 1.42. The van der Waals surface area contributed by atoms with E-state index in [1.165, 1.54) is 6.07 Å². The van der Waals surface area contributed by atoms with Gasteiger partial charge in [-0.05, 0) is 31.4 Å². The molecule has 1 fully saturated rings. The van der Waals surface area contributed by atoms with E-state index < -0.39 is 9.84 Å². The Morgan fingerprint density at radius 3 is 2.82 bits per heavy atom. The third kappa shape index (κ3) is 2.97. The quantitative estimate of drug-likeness (QED) is 0.882. The number of hydrogen-bond donors (Lipinski definition) is 1. The number of halogens is 1. The number of benzene rings is 1. The molecule has 3 nitrogen and oxygen atoms in total. The van der Waals surface area contributed by atoms with Crippen molar-refractivity contribution in [2.75, 3.05) is 16.8 Å². The van der Waals surface area contributed by atoms with E-state index in [4.69, 9.17) is 0 Å². The summed E-state index contributed by atoms with van der Waals surface area (Å²) in [5.74, 6) is 0.0235. The van der Waals surface area contributed by atoms with Gasteiger partial charge in [-0.1, -0.05) is 12.1 Å². The van der Waals surface area contributed by atoms with Crippen LogP contribution >= 0.6 is 0 Å². The van der Waals surface area contributed by atoms with Crippen molar-refractivity contribution in [1.29, 1.82) is 0 Å². The average molecular weight is 257 g/mol. The van der Waals surface area contributed by atoms with Crippen molar-refractivity contribution in [2.24, 2.45) is 0 Å². The molecule has 0 radical (unpaired) electrons. The minimum atomic E-state index is -2.96. The highest BCUT2D eigenvalue weighted by Crippen LogP contribution is 2.23. The molecule has 0 aliphatic carbocycles. The third-order valence-corrected chi connectivity index (χ3v) is 4.85. The van der Waals surface area contributed by atoms with Crippen LogP contribution in [0.2, 0.25) is 0 Å². The van der Waals surface area contributed by atoms with Gasteiger partial charge in [-0.25, -0.2) is 12.8 Å². The summed E-state index contributed by atoms with van der Waals surface area (Å²) in [5, 5.41) is 3.02. The lowest BCUT2D eigenvalue weighted by molar-refractivity contribution is 0.559. The van der Waals surface area contributed by atoms with Crippen LogP contribution in [0.1, 0.15) is 18.4 Å². The Hall–Kier alpha value is -1.10. The van der Waals surface area contributed by atoms with E-state index in [9.17, 15) is 12.8 Å². The van der Waals surface area contributed by atoms with Gasteiger partial charge in [0.1, 0.15) is 5.82 Å². The molecule has 1 heterocycles. The molecule has 1 unspecified atom stereocenters. The average Bonchev–Trinajstić information content (AvgIpc) is 2.22. The summed E-state index contributed by atoms with van der Waals surface area (Å²) < 4.78 is 36.6. The van der Waals surface area contributed by atoms with Crippen molar-refractivity contribution >= 4 is 15.5 Å². The lowest BCUT2D eigenvalue weighted by atomic mass is 10.1. The SMILES string of the molecule is Cc1cccc(F)c1NC1CCCS(=O)(=O)C1. The summed E-state index contributed by atoms with van der Waals surface area (Å²) >= 11 is 0. The van der Waals surface area contributed by atoms with E-state index >= 15 is 0 Å². The van der Waals surface area contributed by atoms with Crippen molar-refractivity contribution in [3.8, 4) is 0 Å². The molecule has 0 bridgehead atoms. The maximum atomic E-state index is 13.6. The van der Waals surface area contributed by atoms with Crippen molar-refractivity contribution in [3.05, 3.63) is 29.6 Å². The van der Waals surface area contributed by atoms with Crippen LogP contribution in [-0.2, 0) is 9.84 Å². The van der Waals surface area contributed by atoms with Crippen molar-refractivity contribution in [1.82, 2.24) is 0 Å². The van der Waals surface area contributed by atoms with E-state index in [0.29, 0.717) is 12.1 Å². The predicted octanol–water partition coefficient (Wildman–Crippen LogP) is 2.12. The number of aryl methyl sites for hydroxylation is 1. The summed E-state index contributed by atoms with van der Waals surface area (Å²) in [6, 6.07) is 4.66. The van der Waals surface area contributed by atoms with Gasteiger partial charge < -0.3 is 5.32 Å². The largest absolute Gasteiger partial charge is 0.379 e. The van der Waals surface area contributed by atoms with Crippen LogP contribution in [0, 0.1) is 12.7 Å². The Balaban J connectivity index is 2.16. The number of rotatable bonds is 2. The molecule has 1 N–H and O–H groups in total. The van der Waals surface area contributed by atoms with Crippen molar-refractivity contribution in [3.63, 3.8) is 0 Å². The monoisotopic (exact) mass is 257 g/mol. The molecular weight excluding hydrogens is 241 g/mol. The second kappa shape index (κ2) is 4.64. The highest BCUT2D eigenvalue weighted by atomic mass is 32.2. The molecule has 1 aliphatic heterocycles. The Morgan fingerprint density at radius 2 is 2.18 bits per heavy atom. The van der Waals surface area contributed by atoms with Crippen LogP contribution in [0.5, 0.6) is 0 Å². The number of hydrogen-bond acceptors (Lipinski definition) is 3. The van der Waals surface area contributed by atoms with Gasteiger partial charge in [0.15, 0.2) is 9.84 Å². The van der Waals surface area contributed by atoms with E-state index in [1.54, 1.807) is 6.07 Å². The molecule has 1 saturated heterocycles. The molecule has 1 aliphatic rings. The van der Waals surface area contributed by atoms with Gasteiger partial charge in [-0.15, -0.1) is 0 Å². The maximum absolute atomic E-state index is 13.6. The van der Waals surface area contributed by atoms with E-state index in [0.717, 1.165) is 12.0 Å². The molecule has 0 amide bonds. The van der Waals surface area contributed by atoms with Gasteiger partial charge in [0.2, 0.25) is 0 Å². The van der Waals surface area contributed by atoms with Crippen LogP contribution in [-0.4, -0.2) is 26.0 Å². The second-order valence-corrected chi connectivity index (χ2v) is 6.76. The summed E-state index contributed by atoms with van der Waals surface area (Å²) in [5.41, 5.74) is 1.22. The zero-order valence-electron chi connectivity index (χ0n) is 9.74. The number of sulfone groups is 1. The third-order valence-electron chi connectivity index (χ3n) is 3.03. The highest BCUT2D eigenvalue weighted by molar-refractivity contribution is 7.91. The maximum Gasteiger partial charge on any atom is 0.152 e. The molecule has 1 aromatic carbocycles. The second-order valence-electron chi connectivity index (χ2n) is 4.53. The standard InChI is InChI=1S/C12H16FNO2S/c1-9-4-2-6-11(13)12(9)14-10-5-3-7-17(15,16)8-10/h2,4,6,10,14H,3,5,7-8H2,1H3. The zero-order chi connectivity index (χ0) is 12.5. The van der Waals surface area contributed by atoms with Gasteiger partial charge in [-0.2, -0.15) is 0 Å². The molecular formula is C12H16FNO2S. The highest BCUT2D eigenvalue weighted by Gasteiger charge is 2.25. The lowest BCUT2D eigenvalue weighted by Crippen LogP contribution is -2.35. The molecule has 0 spiro atoms. The summed E-state index contributed by atoms with van der Waals surface area (Å²) in [7, 11) is -2.96. The van der Waals surface area contributed by atoms with Crippen LogP contribution in [0.15, 0.2) is 18.2 Å². The minimum Gasteiger partial charge on any atom is -0.379 e. The Morgan fingerprint density at radius 1 is 1.41 bits per heavy atom. The zero-order valence-corrected chi connectivity index (χ0v) is 10.6. The normalized spacial score (nSPS) is 23.3. The number of nitrogens with one attached hydrogen (secondary N) is 1. The first-order valence-corrected chi connectivity index (χ1v) is 7.52. The molecule has 17 heavy (non-hydrogen) atoms. The fraction of sp³-hybridized carbons (Fsp3) is 0.500. The van der Waals surface area contributed by atoms with Crippen LogP contribution in [0.25, 0.3) is 0 Å². The molecule has 1 atom stereocenters. The first-order chi connectivity index (χ1) is 7.98. The Bertz CT molecular complexity index is 493. The van der Waals surface area contributed by atoms with Crippen LogP contribution in [0.4, 0.5) is 10.1 Å². The van der Waals surface area contributed by atoms with E-state index in [-0.39, 0.29) is 23.4 Å². The van der Waals surface area contributed by atoms with Crippen molar-refractivity contribution in [2.45, 2.75) is 25.8 Å². The molecule has 94 valence electrons. The smallest absolute Gasteiger partial charge is 0.152 e. The van der Waals surface area contributed by atoms with Gasteiger partial charge in [-0.3, -0.25) is 0 Å². The summed E-state index contributed by atoms with van der Waals surface area (Å²) in [4.78, 5) is 0. The Kier molecular flexibility index (Phi) is 3.38. The molecule has 2 rings (SSSR count). The predicted molar refractivity (Wildman–Crippen MR) is 66.4 cm³/mol. The van der Waals surface area contributed by atoms with E-state index in [1.807, 2.05) is 13.0 Å². The number of para-hydroxylation sites is 1. The molecule has 1 aromatic rings. The molecule has 5 heteroatoms. The fourth-order valence-electron chi connectivity index (χ4n) is 2.16. The Labute approximate surface area is 101 Å². The van der Waals surface area contributed by atoms with Crippen molar-refractivity contribution < 1.29 is 12.8 Å². The topological polar surface area (TPSA) is 46.2 Å². The number of anilines is 1. The van der Waals surface area contributed by atoms with E-state index in [2.05, 4.69) is 5.32 Å². The van der Waals surface area contributed by atoms with Gasteiger partial charge in [0.05, 0.1) is 17.2 Å². The van der Waals surface area contributed by atoms with Gasteiger partial charge in [0, 0.05) is 6.04 Å². The fourth-order valence-corrected chi connectivity index (χ4v) is 3.79. The first-order valence-electron chi connectivity index (χ1n) is 5.70. The first kappa shape index (κ1) is 12.4. The minimum absolute atomic E-state index is 0.0980.